The zero-order chi connectivity index (χ0) is 14.8. The number of carbonyl (C=O) groups excluding carboxylic acids is 3. The third-order valence-electron chi connectivity index (χ3n) is 3.43. The molecule has 0 atom stereocenters. The summed E-state index contributed by atoms with van der Waals surface area (Å²) in [5, 5.41) is 6.57. The van der Waals surface area contributed by atoms with Crippen LogP contribution >= 0.6 is 0 Å². The summed E-state index contributed by atoms with van der Waals surface area (Å²) in [5.41, 5.74) is 4.17. The Hall–Kier alpha value is -2.70. The molecule has 1 aromatic carbocycles. The number of carbonyl (C=O) groups is 3. The maximum atomic E-state index is 12.4. The van der Waals surface area contributed by atoms with Gasteiger partial charge in [0.25, 0.3) is 5.91 Å². The van der Waals surface area contributed by atoms with Gasteiger partial charge in [0.05, 0.1) is 0 Å². The van der Waals surface area contributed by atoms with Crippen molar-refractivity contribution in [2.24, 2.45) is 5.10 Å². The molecule has 3 rings (SSSR count). The van der Waals surface area contributed by atoms with Crippen LogP contribution in [0.25, 0.3) is 0 Å². The second-order valence-electron chi connectivity index (χ2n) is 4.96. The Morgan fingerprint density at radius 1 is 1.10 bits per heavy atom. The van der Waals surface area contributed by atoms with Crippen molar-refractivity contribution >= 4 is 29.1 Å². The van der Waals surface area contributed by atoms with E-state index in [-0.39, 0.29) is 36.4 Å². The quantitative estimate of drug-likeness (QED) is 0.774. The van der Waals surface area contributed by atoms with Gasteiger partial charge in [-0.05, 0) is 11.6 Å². The van der Waals surface area contributed by atoms with Crippen molar-refractivity contribution < 1.29 is 14.4 Å². The highest BCUT2D eigenvalue weighted by atomic mass is 16.2. The molecular weight excluding hydrogens is 272 g/mol. The van der Waals surface area contributed by atoms with Crippen LogP contribution in [0.15, 0.2) is 29.4 Å². The van der Waals surface area contributed by atoms with Crippen molar-refractivity contribution in [2.75, 3.05) is 11.9 Å². The molecule has 2 aliphatic rings. The smallest absolute Gasteiger partial charge is 0.270 e. The Kier molecular flexibility index (Phi) is 3.39. The van der Waals surface area contributed by atoms with Crippen LogP contribution in [0.4, 0.5) is 5.69 Å². The van der Waals surface area contributed by atoms with Crippen LogP contribution in [0.1, 0.15) is 18.4 Å². The molecule has 2 aliphatic heterocycles. The van der Waals surface area contributed by atoms with Gasteiger partial charge in [0.1, 0.15) is 12.3 Å². The Bertz CT molecular complexity index is 653. The van der Waals surface area contributed by atoms with Gasteiger partial charge in [-0.1, -0.05) is 18.2 Å². The maximum absolute atomic E-state index is 12.4. The van der Waals surface area contributed by atoms with Gasteiger partial charge in [-0.3, -0.25) is 14.4 Å². The Labute approximate surface area is 121 Å². The minimum absolute atomic E-state index is 0.0273. The minimum Gasteiger partial charge on any atom is -0.324 e. The molecule has 3 amide bonds. The lowest BCUT2D eigenvalue weighted by atomic mass is 10.1. The van der Waals surface area contributed by atoms with Gasteiger partial charge in [-0.2, -0.15) is 5.10 Å². The molecule has 0 unspecified atom stereocenters. The first-order valence-electron chi connectivity index (χ1n) is 6.66. The lowest BCUT2D eigenvalue weighted by Crippen LogP contribution is -2.42. The number of fused-ring (bicyclic) bond motifs is 1. The largest absolute Gasteiger partial charge is 0.324 e. The van der Waals surface area contributed by atoms with Crippen LogP contribution in [0.3, 0.4) is 0 Å². The Morgan fingerprint density at radius 2 is 1.90 bits per heavy atom. The summed E-state index contributed by atoms with van der Waals surface area (Å²) in [6.07, 6.45) is 0.533. The lowest BCUT2D eigenvalue weighted by Gasteiger charge is -2.21. The number of benzene rings is 1. The number of rotatable bonds is 1. The first-order chi connectivity index (χ1) is 10.1. The molecule has 0 spiro atoms. The van der Waals surface area contributed by atoms with Gasteiger partial charge in [-0.25, -0.2) is 5.43 Å². The van der Waals surface area contributed by atoms with E-state index in [1.165, 1.54) is 4.90 Å². The zero-order valence-electron chi connectivity index (χ0n) is 11.3. The molecule has 0 aromatic heterocycles. The number of anilines is 1. The Morgan fingerprint density at radius 3 is 2.67 bits per heavy atom. The van der Waals surface area contributed by atoms with E-state index in [0.717, 1.165) is 11.3 Å². The molecule has 0 aliphatic carbocycles. The molecule has 2 N–H and O–H groups in total. The van der Waals surface area contributed by atoms with Crippen molar-refractivity contribution in [3.63, 3.8) is 0 Å². The first kappa shape index (κ1) is 13.3. The fourth-order valence-electron chi connectivity index (χ4n) is 2.36. The zero-order valence-corrected chi connectivity index (χ0v) is 11.3. The van der Waals surface area contributed by atoms with E-state index in [4.69, 9.17) is 0 Å². The average molecular weight is 286 g/mol. The fraction of sp³-hybridized carbons (Fsp3) is 0.286. The summed E-state index contributed by atoms with van der Waals surface area (Å²) in [4.78, 5) is 36.8. The van der Waals surface area contributed by atoms with Gasteiger partial charge in [0.15, 0.2) is 0 Å². The second-order valence-corrected chi connectivity index (χ2v) is 4.96. The van der Waals surface area contributed by atoms with E-state index in [0.29, 0.717) is 13.0 Å². The van der Waals surface area contributed by atoms with Crippen LogP contribution in [-0.2, 0) is 20.9 Å². The highest BCUT2D eigenvalue weighted by Crippen LogP contribution is 2.20. The number of amides is 3. The first-order valence-corrected chi connectivity index (χ1v) is 6.66. The molecular formula is C14H14N4O3. The second kappa shape index (κ2) is 5.35. The van der Waals surface area contributed by atoms with Crippen molar-refractivity contribution in [1.82, 2.24) is 10.3 Å². The summed E-state index contributed by atoms with van der Waals surface area (Å²) in [6, 6.07) is 7.36. The summed E-state index contributed by atoms with van der Waals surface area (Å²) in [7, 11) is 0. The topological polar surface area (TPSA) is 90.9 Å². The molecule has 7 heteroatoms. The summed E-state index contributed by atoms with van der Waals surface area (Å²) in [5.74, 6) is -0.763. The minimum atomic E-state index is -0.318. The summed E-state index contributed by atoms with van der Waals surface area (Å²) < 4.78 is 0. The van der Waals surface area contributed by atoms with Gasteiger partial charge in [0, 0.05) is 25.1 Å². The number of hydrogen-bond acceptors (Lipinski definition) is 4. The molecule has 7 nitrogen and oxygen atoms in total. The highest BCUT2D eigenvalue weighted by Gasteiger charge is 2.27. The lowest BCUT2D eigenvalue weighted by molar-refractivity contribution is -0.129. The van der Waals surface area contributed by atoms with Gasteiger partial charge < -0.3 is 10.2 Å². The predicted octanol–water partition coefficient (Wildman–Crippen LogP) is 0.233. The van der Waals surface area contributed by atoms with E-state index in [2.05, 4.69) is 15.8 Å². The molecule has 0 fully saturated rings. The number of nitrogens with zero attached hydrogens (tertiary/aromatic N) is 2. The van der Waals surface area contributed by atoms with Crippen molar-refractivity contribution in [2.45, 2.75) is 19.4 Å². The van der Waals surface area contributed by atoms with Crippen LogP contribution in [0, 0.1) is 0 Å². The third kappa shape index (κ3) is 2.76. The van der Waals surface area contributed by atoms with Crippen LogP contribution in [0.5, 0.6) is 0 Å². The van der Waals surface area contributed by atoms with Gasteiger partial charge in [0.2, 0.25) is 11.8 Å². The average Bonchev–Trinajstić information content (AvgIpc) is 2.65. The molecule has 0 bridgehead atoms. The SMILES string of the molecule is O=C1CCC(C(=O)N2CC(=O)Nc3ccccc3C2)=NN1. The normalized spacial score (nSPS) is 18.1. The fourth-order valence-corrected chi connectivity index (χ4v) is 2.36. The van der Waals surface area contributed by atoms with E-state index < -0.39 is 0 Å². The highest BCUT2D eigenvalue weighted by molar-refractivity contribution is 6.39. The van der Waals surface area contributed by atoms with Crippen molar-refractivity contribution in [3.8, 4) is 0 Å². The van der Waals surface area contributed by atoms with Crippen LogP contribution < -0.4 is 10.7 Å². The number of nitrogens with one attached hydrogen (secondary N) is 2. The van der Waals surface area contributed by atoms with Crippen LogP contribution in [-0.4, -0.2) is 34.9 Å². The standard InChI is InChI=1S/C14H14N4O3/c19-12-6-5-11(16-17-12)14(21)18-7-9-3-1-2-4-10(9)15-13(20)8-18/h1-4H,5-8H2,(H,15,20)(H,17,19). The number of hydrogen-bond donors (Lipinski definition) is 2. The predicted molar refractivity (Wildman–Crippen MR) is 75.3 cm³/mol. The van der Waals surface area contributed by atoms with E-state index >= 15 is 0 Å². The summed E-state index contributed by atoms with van der Waals surface area (Å²) in [6.45, 7) is 0.307. The summed E-state index contributed by atoms with van der Waals surface area (Å²) >= 11 is 0. The van der Waals surface area contributed by atoms with Crippen molar-refractivity contribution in [3.05, 3.63) is 29.8 Å². The number of para-hydroxylation sites is 1. The molecule has 0 radical (unpaired) electrons. The molecule has 108 valence electrons. The van der Waals surface area contributed by atoms with Gasteiger partial charge in [-0.15, -0.1) is 0 Å². The van der Waals surface area contributed by atoms with E-state index in [1.807, 2.05) is 18.2 Å². The van der Waals surface area contributed by atoms with E-state index in [9.17, 15) is 14.4 Å². The van der Waals surface area contributed by atoms with E-state index in [1.54, 1.807) is 6.07 Å². The van der Waals surface area contributed by atoms with Gasteiger partial charge >= 0.3 is 0 Å². The number of hydrazone groups is 1. The maximum Gasteiger partial charge on any atom is 0.270 e. The molecule has 0 saturated heterocycles. The molecule has 0 saturated carbocycles. The molecule has 2 heterocycles. The van der Waals surface area contributed by atoms with Crippen LogP contribution in [0.2, 0.25) is 0 Å². The monoisotopic (exact) mass is 286 g/mol. The van der Waals surface area contributed by atoms with Crippen molar-refractivity contribution in [1.29, 1.82) is 0 Å². The molecule has 21 heavy (non-hydrogen) atoms. The third-order valence-corrected chi connectivity index (χ3v) is 3.43. The molecule has 1 aromatic rings. The Balaban J connectivity index is 1.84.